The van der Waals surface area contributed by atoms with Gasteiger partial charge in [-0.05, 0) is 18.8 Å². The van der Waals surface area contributed by atoms with Crippen molar-refractivity contribution in [2.45, 2.75) is 52.4 Å². The maximum absolute atomic E-state index is 4.06. The Morgan fingerprint density at radius 2 is 1.86 bits per heavy atom. The Labute approximate surface area is 87.1 Å². The fourth-order valence-corrected chi connectivity index (χ4v) is 2.06. The summed E-state index contributed by atoms with van der Waals surface area (Å²) in [6, 6.07) is 0. The summed E-state index contributed by atoms with van der Waals surface area (Å²) < 4.78 is 0. The molecule has 0 aromatic carbocycles. The van der Waals surface area contributed by atoms with E-state index in [0.717, 1.165) is 11.8 Å². The van der Waals surface area contributed by atoms with Crippen LogP contribution in [0.2, 0.25) is 0 Å². The van der Waals surface area contributed by atoms with Crippen LogP contribution >= 0.6 is 0 Å². The van der Waals surface area contributed by atoms with Crippen LogP contribution in [-0.2, 0) is 0 Å². The predicted molar refractivity (Wildman–Crippen MR) is 60.3 cm³/mol. The highest BCUT2D eigenvalue weighted by Gasteiger charge is 2.20. The summed E-state index contributed by atoms with van der Waals surface area (Å²) in [4.78, 5) is 7.27. The number of nitrogens with zero attached hydrogens (tertiary/aromatic N) is 1. The van der Waals surface area contributed by atoms with E-state index in [0.29, 0.717) is 0 Å². The van der Waals surface area contributed by atoms with E-state index in [9.17, 15) is 0 Å². The molecule has 1 saturated carbocycles. The summed E-state index contributed by atoms with van der Waals surface area (Å²) in [5, 5.41) is 0. The summed E-state index contributed by atoms with van der Waals surface area (Å²) in [5.41, 5.74) is 1.34. The number of nitrogens with one attached hydrogen (secondary N) is 1. The van der Waals surface area contributed by atoms with Crippen LogP contribution in [0.25, 0.3) is 0 Å². The van der Waals surface area contributed by atoms with Crippen LogP contribution in [0.15, 0.2) is 12.5 Å². The molecular weight excluding hydrogens is 172 g/mol. The van der Waals surface area contributed by atoms with E-state index in [1.165, 1.54) is 31.4 Å². The van der Waals surface area contributed by atoms with Gasteiger partial charge in [0.05, 0.1) is 6.33 Å². The summed E-state index contributed by atoms with van der Waals surface area (Å²) >= 11 is 0. The van der Waals surface area contributed by atoms with Crippen LogP contribution in [0.4, 0.5) is 0 Å². The molecule has 2 nitrogen and oxygen atoms in total. The zero-order valence-electron chi connectivity index (χ0n) is 9.59. The first-order valence-electron chi connectivity index (χ1n) is 5.84. The third-order valence-corrected chi connectivity index (χ3v) is 2.98. The molecule has 2 rings (SSSR count). The first kappa shape index (κ1) is 11.3. The molecule has 0 radical (unpaired) electrons. The van der Waals surface area contributed by atoms with Crippen molar-refractivity contribution in [2.24, 2.45) is 5.92 Å². The SMILES string of the molecule is CC.CC1CCC(c2cnc[nH]2)CC1. The fourth-order valence-electron chi connectivity index (χ4n) is 2.06. The molecule has 0 saturated heterocycles. The number of rotatable bonds is 1. The van der Waals surface area contributed by atoms with Gasteiger partial charge in [-0.15, -0.1) is 0 Å². The number of hydrogen-bond donors (Lipinski definition) is 1. The minimum absolute atomic E-state index is 0.753. The lowest BCUT2D eigenvalue weighted by atomic mass is 9.82. The lowest BCUT2D eigenvalue weighted by Crippen LogP contribution is -2.10. The minimum atomic E-state index is 0.753. The molecule has 80 valence electrons. The van der Waals surface area contributed by atoms with Gasteiger partial charge in [0.2, 0.25) is 0 Å². The van der Waals surface area contributed by atoms with Crippen molar-refractivity contribution in [1.29, 1.82) is 0 Å². The second-order valence-corrected chi connectivity index (χ2v) is 3.96. The molecular formula is C12H22N2. The summed E-state index contributed by atoms with van der Waals surface area (Å²) in [6.07, 6.45) is 9.19. The van der Waals surface area contributed by atoms with Crippen molar-refractivity contribution >= 4 is 0 Å². The molecule has 1 N–H and O–H groups in total. The highest BCUT2D eigenvalue weighted by Crippen LogP contribution is 2.34. The van der Waals surface area contributed by atoms with E-state index in [4.69, 9.17) is 0 Å². The molecule has 1 heterocycles. The van der Waals surface area contributed by atoms with Gasteiger partial charge in [-0.1, -0.05) is 33.6 Å². The van der Waals surface area contributed by atoms with Crippen molar-refractivity contribution in [3.63, 3.8) is 0 Å². The zero-order chi connectivity index (χ0) is 10.4. The Morgan fingerprint density at radius 1 is 1.21 bits per heavy atom. The number of imidazole rings is 1. The lowest BCUT2D eigenvalue weighted by molar-refractivity contribution is 0.344. The van der Waals surface area contributed by atoms with Gasteiger partial charge < -0.3 is 4.98 Å². The molecule has 2 heteroatoms. The van der Waals surface area contributed by atoms with Crippen molar-refractivity contribution in [3.05, 3.63) is 18.2 Å². The third kappa shape index (κ3) is 2.86. The van der Waals surface area contributed by atoms with Gasteiger partial charge in [0, 0.05) is 17.8 Å². The molecule has 0 bridgehead atoms. The summed E-state index contributed by atoms with van der Waals surface area (Å²) in [5.74, 6) is 1.69. The van der Waals surface area contributed by atoms with Gasteiger partial charge in [-0.3, -0.25) is 0 Å². The maximum Gasteiger partial charge on any atom is 0.0921 e. The molecule has 1 aliphatic carbocycles. The van der Waals surface area contributed by atoms with Gasteiger partial charge in [-0.2, -0.15) is 0 Å². The van der Waals surface area contributed by atoms with Crippen LogP contribution in [0, 0.1) is 5.92 Å². The van der Waals surface area contributed by atoms with Crippen molar-refractivity contribution < 1.29 is 0 Å². The van der Waals surface area contributed by atoms with Crippen LogP contribution in [0.3, 0.4) is 0 Å². The van der Waals surface area contributed by atoms with Crippen molar-refractivity contribution in [2.75, 3.05) is 0 Å². The summed E-state index contributed by atoms with van der Waals surface area (Å²) in [7, 11) is 0. The molecule has 1 aromatic heterocycles. The highest BCUT2D eigenvalue weighted by atomic mass is 14.9. The predicted octanol–water partition coefficient (Wildman–Crippen LogP) is 3.73. The lowest BCUT2D eigenvalue weighted by Gasteiger charge is -2.24. The Hall–Kier alpha value is -0.790. The first-order valence-corrected chi connectivity index (χ1v) is 5.84. The topological polar surface area (TPSA) is 28.7 Å². The highest BCUT2D eigenvalue weighted by molar-refractivity contribution is 5.04. The molecule has 0 unspecified atom stereocenters. The Kier molecular flexibility index (Phi) is 4.71. The van der Waals surface area contributed by atoms with Gasteiger partial charge in [0.1, 0.15) is 0 Å². The Balaban J connectivity index is 0.000000461. The number of aromatic nitrogens is 2. The van der Waals surface area contributed by atoms with E-state index in [1.54, 1.807) is 6.33 Å². The molecule has 0 aliphatic heterocycles. The Bertz CT molecular complexity index is 220. The minimum Gasteiger partial charge on any atom is -0.348 e. The molecule has 1 aliphatic rings. The monoisotopic (exact) mass is 194 g/mol. The number of aromatic amines is 1. The smallest absolute Gasteiger partial charge is 0.0921 e. The van der Waals surface area contributed by atoms with Crippen LogP contribution in [0.5, 0.6) is 0 Å². The van der Waals surface area contributed by atoms with E-state index < -0.39 is 0 Å². The van der Waals surface area contributed by atoms with E-state index in [2.05, 4.69) is 16.9 Å². The normalized spacial score (nSPS) is 26.5. The molecule has 1 fully saturated rings. The standard InChI is InChI=1S/C10H16N2.C2H6/c1-8-2-4-9(5-3-8)10-6-11-7-12-10;1-2/h6-9H,2-5H2,1H3,(H,11,12);1-2H3. The Morgan fingerprint density at radius 3 is 2.36 bits per heavy atom. The van der Waals surface area contributed by atoms with E-state index in [-0.39, 0.29) is 0 Å². The van der Waals surface area contributed by atoms with Crippen LogP contribution < -0.4 is 0 Å². The molecule has 1 aromatic rings. The van der Waals surface area contributed by atoms with Crippen molar-refractivity contribution in [1.82, 2.24) is 9.97 Å². The number of H-pyrrole nitrogens is 1. The van der Waals surface area contributed by atoms with Gasteiger partial charge in [-0.25, -0.2) is 4.98 Å². The van der Waals surface area contributed by atoms with Gasteiger partial charge in [0.25, 0.3) is 0 Å². The molecule has 0 amide bonds. The number of hydrogen-bond acceptors (Lipinski definition) is 1. The third-order valence-electron chi connectivity index (χ3n) is 2.98. The average molecular weight is 194 g/mol. The van der Waals surface area contributed by atoms with Crippen LogP contribution in [-0.4, -0.2) is 9.97 Å². The van der Waals surface area contributed by atoms with Gasteiger partial charge in [0.15, 0.2) is 0 Å². The molecule has 0 spiro atoms. The second-order valence-electron chi connectivity index (χ2n) is 3.96. The molecule has 0 atom stereocenters. The largest absolute Gasteiger partial charge is 0.348 e. The maximum atomic E-state index is 4.06. The zero-order valence-corrected chi connectivity index (χ0v) is 9.59. The summed E-state index contributed by atoms with van der Waals surface area (Å²) in [6.45, 7) is 6.35. The molecule has 14 heavy (non-hydrogen) atoms. The van der Waals surface area contributed by atoms with Gasteiger partial charge >= 0.3 is 0 Å². The average Bonchev–Trinajstić information content (AvgIpc) is 2.75. The fraction of sp³-hybridized carbons (Fsp3) is 0.750. The first-order chi connectivity index (χ1) is 6.86. The van der Waals surface area contributed by atoms with Crippen molar-refractivity contribution in [3.8, 4) is 0 Å². The van der Waals surface area contributed by atoms with Crippen LogP contribution in [0.1, 0.15) is 58.1 Å². The quantitative estimate of drug-likeness (QED) is 0.725. The van der Waals surface area contributed by atoms with E-state index in [1.807, 2.05) is 20.0 Å². The van der Waals surface area contributed by atoms with E-state index >= 15 is 0 Å². The second kappa shape index (κ2) is 5.84.